The first-order valence-electron chi connectivity index (χ1n) is 9.62. The van der Waals surface area contributed by atoms with Gasteiger partial charge in [0.1, 0.15) is 5.69 Å². The molecule has 0 amide bonds. The lowest BCUT2D eigenvalue weighted by molar-refractivity contribution is 0.146. The Bertz CT molecular complexity index is 726. The average molecular weight is 395 g/mol. The third-order valence-corrected chi connectivity index (χ3v) is 6.75. The van der Waals surface area contributed by atoms with E-state index in [0.717, 1.165) is 23.3 Å². The van der Waals surface area contributed by atoms with Crippen LogP contribution in [0, 0.1) is 10.7 Å². The summed E-state index contributed by atoms with van der Waals surface area (Å²) < 4.78 is 38.1. The maximum atomic E-state index is 13.0. The van der Waals surface area contributed by atoms with Crippen LogP contribution >= 0.6 is 0 Å². The molecule has 0 aromatic carbocycles. The molecule has 1 aromatic heterocycles. The molecule has 4 nitrogen and oxygen atoms in total. The number of allylic oxidation sites excluding steroid dienone is 1. The molecule has 2 fully saturated rings. The second-order valence-corrected chi connectivity index (χ2v) is 8.54. The number of nitrogens with zero attached hydrogens (tertiary/aromatic N) is 1. The molecule has 3 N–H and O–H groups in total. The largest absolute Gasteiger partial charge is 0.393 e. The minimum atomic E-state index is -2.58. The average Bonchev–Trinajstić information content (AvgIpc) is 2.83. The number of alkyl halides is 2. The molecule has 1 aliphatic heterocycles. The number of aromatic nitrogens is 1. The summed E-state index contributed by atoms with van der Waals surface area (Å²) in [6.07, 6.45) is 10.8. The zero-order chi connectivity index (χ0) is 19.2. The standard InChI is InChI=1S/C20H28F2N4S/c1-24-13-19-16(11-14-9-10-25-18(12-14)20(21)22)7-8-17(26-27(19)23)15-5-3-2-4-6-15/h9-13,15,17,20,24H,2-8H2,1H3,(H2,23,26)/b16-11+,19-13+. The number of nitrogens with one attached hydrogen (secondary N) is 3. The van der Waals surface area contributed by atoms with Gasteiger partial charge >= 0.3 is 0 Å². The van der Waals surface area contributed by atoms with Gasteiger partial charge in [0.25, 0.3) is 6.43 Å². The first-order valence-corrected chi connectivity index (χ1v) is 10.8. The fourth-order valence-electron chi connectivity index (χ4n) is 4.01. The number of hydrogen-bond acceptors (Lipinski definition) is 3. The minimum absolute atomic E-state index is 0.208. The molecular formula is C20H28F2N4S. The Hall–Kier alpha value is -1.60. The van der Waals surface area contributed by atoms with Gasteiger partial charge in [0.15, 0.2) is 0 Å². The van der Waals surface area contributed by atoms with E-state index in [4.69, 9.17) is 4.78 Å². The first-order chi connectivity index (χ1) is 13.1. The predicted molar refractivity (Wildman–Crippen MR) is 107 cm³/mol. The summed E-state index contributed by atoms with van der Waals surface area (Å²) in [5, 5.41) is 3.05. The Labute approximate surface area is 162 Å². The van der Waals surface area contributed by atoms with Crippen molar-refractivity contribution >= 4 is 17.0 Å². The van der Waals surface area contributed by atoms with Crippen molar-refractivity contribution in [3.8, 4) is 0 Å². The molecule has 0 bridgehead atoms. The van der Waals surface area contributed by atoms with Crippen LogP contribution in [-0.4, -0.2) is 18.1 Å². The summed E-state index contributed by atoms with van der Waals surface area (Å²) in [6.45, 7) is 0. The smallest absolute Gasteiger partial charge is 0.280 e. The Balaban J connectivity index is 1.87. The van der Waals surface area contributed by atoms with Gasteiger partial charge in [-0.3, -0.25) is 9.76 Å². The van der Waals surface area contributed by atoms with E-state index in [1.54, 1.807) is 6.07 Å². The highest BCUT2D eigenvalue weighted by Crippen LogP contribution is 2.34. The zero-order valence-electron chi connectivity index (χ0n) is 15.7. The molecule has 3 rings (SSSR count). The normalized spacial score (nSPS) is 27.9. The van der Waals surface area contributed by atoms with E-state index in [2.05, 4.69) is 15.0 Å². The van der Waals surface area contributed by atoms with Gasteiger partial charge in [-0.2, -0.15) is 0 Å². The van der Waals surface area contributed by atoms with Crippen molar-refractivity contribution in [3.05, 3.63) is 46.3 Å². The lowest BCUT2D eigenvalue weighted by Crippen LogP contribution is -2.37. The van der Waals surface area contributed by atoms with Gasteiger partial charge in [-0.25, -0.2) is 13.5 Å². The third kappa shape index (κ3) is 5.23. The summed E-state index contributed by atoms with van der Waals surface area (Å²) in [6, 6.07) is 3.54. The lowest BCUT2D eigenvalue weighted by Gasteiger charge is -2.30. The summed E-state index contributed by atoms with van der Waals surface area (Å²) in [5.41, 5.74) is 1.55. The second-order valence-electron chi connectivity index (χ2n) is 7.25. The van der Waals surface area contributed by atoms with E-state index < -0.39 is 17.3 Å². The lowest BCUT2D eigenvalue weighted by atomic mass is 9.82. The van der Waals surface area contributed by atoms with Crippen molar-refractivity contribution in [2.45, 2.75) is 57.4 Å². The van der Waals surface area contributed by atoms with Crippen LogP contribution in [0.15, 0.2) is 35.0 Å². The highest BCUT2D eigenvalue weighted by Gasteiger charge is 2.28. The van der Waals surface area contributed by atoms with Gasteiger partial charge in [0.05, 0.1) is 4.91 Å². The Morgan fingerprint density at radius 2 is 2.07 bits per heavy atom. The number of hydrogen-bond donors (Lipinski definition) is 3. The molecule has 1 aliphatic carbocycles. The molecule has 2 aliphatic rings. The van der Waals surface area contributed by atoms with Crippen LogP contribution in [0.3, 0.4) is 0 Å². The van der Waals surface area contributed by atoms with E-state index in [1.807, 2.05) is 19.3 Å². The van der Waals surface area contributed by atoms with Gasteiger partial charge < -0.3 is 5.32 Å². The maximum Gasteiger partial charge on any atom is 0.280 e. The van der Waals surface area contributed by atoms with Crippen molar-refractivity contribution in [1.82, 2.24) is 15.0 Å². The van der Waals surface area contributed by atoms with Crippen LogP contribution in [-0.2, 0) is 10.9 Å². The first kappa shape index (κ1) is 20.1. The molecule has 1 aromatic rings. The molecule has 148 valence electrons. The van der Waals surface area contributed by atoms with Crippen molar-refractivity contribution in [1.29, 1.82) is 4.78 Å². The topological polar surface area (TPSA) is 60.8 Å². The summed E-state index contributed by atoms with van der Waals surface area (Å²) >= 11 is 0. The molecule has 0 spiro atoms. The van der Waals surface area contributed by atoms with Gasteiger partial charge in [-0.05, 0) is 65.7 Å². The summed E-state index contributed by atoms with van der Waals surface area (Å²) in [4.78, 5) is 4.65. The fourth-order valence-corrected chi connectivity index (χ4v) is 5.41. The van der Waals surface area contributed by atoms with Crippen LogP contribution in [0.1, 0.15) is 62.6 Å². The number of halogens is 2. The minimum Gasteiger partial charge on any atom is -0.393 e. The molecule has 7 heteroatoms. The van der Waals surface area contributed by atoms with Crippen LogP contribution in [0.4, 0.5) is 8.78 Å². The molecular weight excluding hydrogens is 366 g/mol. The monoisotopic (exact) mass is 394 g/mol. The molecule has 1 saturated heterocycles. The van der Waals surface area contributed by atoms with Crippen LogP contribution in [0.2, 0.25) is 0 Å². The maximum absolute atomic E-state index is 13.0. The molecule has 2 atom stereocenters. The van der Waals surface area contributed by atoms with E-state index in [-0.39, 0.29) is 5.69 Å². The quantitative estimate of drug-likeness (QED) is 0.666. The third-order valence-electron chi connectivity index (χ3n) is 5.39. The highest BCUT2D eigenvalue weighted by molar-refractivity contribution is 7.88. The van der Waals surface area contributed by atoms with E-state index >= 15 is 0 Å². The van der Waals surface area contributed by atoms with Crippen molar-refractivity contribution < 1.29 is 8.78 Å². The van der Waals surface area contributed by atoms with Gasteiger partial charge in [0, 0.05) is 25.5 Å². The molecule has 2 heterocycles. The predicted octanol–water partition coefficient (Wildman–Crippen LogP) is 5.09. The van der Waals surface area contributed by atoms with E-state index in [0.29, 0.717) is 17.5 Å². The van der Waals surface area contributed by atoms with E-state index in [1.165, 1.54) is 44.4 Å². The fraction of sp³-hybridized carbons (Fsp3) is 0.550. The Kier molecular flexibility index (Phi) is 7.13. The molecule has 0 radical (unpaired) electrons. The number of rotatable bonds is 4. The summed E-state index contributed by atoms with van der Waals surface area (Å²) in [7, 11) is 0.998. The van der Waals surface area contributed by atoms with E-state index in [9.17, 15) is 8.78 Å². The summed E-state index contributed by atoms with van der Waals surface area (Å²) in [5.74, 6) is 0.639. The van der Waals surface area contributed by atoms with Crippen molar-refractivity contribution in [2.75, 3.05) is 7.05 Å². The Morgan fingerprint density at radius 3 is 2.78 bits per heavy atom. The van der Waals surface area contributed by atoms with Crippen molar-refractivity contribution in [3.63, 3.8) is 0 Å². The van der Waals surface area contributed by atoms with Crippen LogP contribution in [0.25, 0.3) is 6.08 Å². The number of pyridine rings is 1. The van der Waals surface area contributed by atoms with Crippen molar-refractivity contribution in [2.24, 2.45) is 5.92 Å². The van der Waals surface area contributed by atoms with Gasteiger partial charge in [-0.15, -0.1) is 0 Å². The van der Waals surface area contributed by atoms with Gasteiger partial charge in [0.2, 0.25) is 0 Å². The second kappa shape index (κ2) is 9.55. The SMILES string of the molecule is CN/C=C1\C(=C\c2ccnc(C(F)F)c2)CCC(C2CCCCC2)NS1=N. The van der Waals surface area contributed by atoms with Crippen LogP contribution in [0.5, 0.6) is 0 Å². The molecule has 2 unspecified atom stereocenters. The highest BCUT2D eigenvalue weighted by atomic mass is 32.2. The van der Waals surface area contributed by atoms with Gasteiger partial charge in [-0.1, -0.05) is 25.3 Å². The van der Waals surface area contributed by atoms with Crippen LogP contribution < -0.4 is 10.0 Å². The molecule has 1 saturated carbocycles. The molecule has 27 heavy (non-hydrogen) atoms. The Morgan fingerprint density at radius 1 is 1.30 bits per heavy atom. The zero-order valence-corrected chi connectivity index (χ0v) is 16.5.